The number of ether oxygens (including phenoxy) is 1. The number of furan rings is 1. The van der Waals surface area contributed by atoms with Gasteiger partial charge in [-0.3, -0.25) is 0 Å². The molecule has 3 rings (SSSR count). The van der Waals surface area contributed by atoms with E-state index in [0.29, 0.717) is 28.3 Å². The summed E-state index contributed by atoms with van der Waals surface area (Å²) in [5.41, 5.74) is 6.22. The Kier molecular flexibility index (Phi) is 2.92. The molecule has 0 saturated heterocycles. The van der Waals surface area contributed by atoms with Gasteiger partial charge in [0.15, 0.2) is 10.9 Å². The van der Waals surface area contributed by atoms with Crippen LogP contribution >= 0.6 is 11.3 Å². The standard InChI is InChI=1S/C13H9FN2O2S/c14-8-1-3-9(4-2-8)17-12-6-5-11(18-12)10-7-19-13(15)16-10/h1-7H,(H2,15,16). The van der Waals surface area contributed by atoms with E-state index in [-0.39, 0.29) is 5.82 Å². The van der Waals surface area contributed by atoms with Crippen LogP contribution in [0.1, 0.15) is 0 Å². The van der Waals surface area contributed by atoms with Gasteiger partial charge >= 0.3 is 0 Å². The molecule has 0 bridgehead atoms. The molecule has 0 aliphatic carbocycles. The van der Waals surface area contributed by atoms with Crippen LogP contribution in [0.5, 0.6) is 11.7 Å². The summed E-state index contributed by atoms with van der Waals surface area (Å²) in [5.74, 6) is 1.07. The Labute approximate surface area is 112 Å². The number of rotatable bonds is 3. The topological polar surface area (TPSA) is 61.3 Å². The van der Waals surface area contributed by atoms with Crippen LogP contribution in [0.3, 0.4) is 0 Å². The van der Waals surface area contributed by atoms with Crippen molar-refractivity contribution in [3.63, 3.8) is 0 Å². The quantitative estimate of drug-likeness (QED) is 0.787. The third-order valence-electron chi connectivity index (χ3n) is 2.39. The fourth-order valence-electron chi connectivity index (χ4n) is 1.53. The molecule has 0 atom stereocenters. The monoisotopic (exact) mass is 276 g/mol. The molecule has 0 fully saturated rings. The Morgan fingerprint density at radius 3 is 2.63 bits per heavy atom. The minimum Gasteiger partial charge on any atom is -0.426 e. The predicted octanol–water partition coefficient (Wildman–Crippen LogP) is 3.92. The number of halogens is 1. The first-order valence-electron chi connectivity index (χ1n) is 5.45. The van der Waals surface area contributed by atoms with Gasteiger partial charge in [0.1, 0.15) is 17.3 Å². The number of anilines is 1. The Balaban J connectivity index is 1.80. The second-order valence-electron chi connectivity index (χ2n) is 3.75. The van der Waals surface area contributed by atoms with Crippen LogP contribution in [0.4, 0.5) is 9.52 Å². The summed E-state index contributed by atoms with van der Waals surface area (Å²) < 4.78 is 23.7. The normalized spacial score (nSPS) is 10.6. The molecule has 19 heavy (non-hydrogen) atoms. The van der Waals surface area contributed by atoms with Crippen molar-refractivity contribution >= 4 is 16.5 Å². The van der Waals surface area contributed by atoms with Gasteiger partial charge in [-0.05, 0) is 30.3 Å². The molecule has 0 amide bonds. The zero-order valence-electron chi connectivity index (χ0n) is 9.67. The number of thiazole rings is 1. The van der Waals surface area contributed by atoms with Crippen LogP contribution in [0.15, 0.2) is 46.2 Å². The first kappa shape index (κ1) is 11.7. The van der Waals surface area contributed by atoms with E-state index in [4.69, 9.17) is 14.9 Å². The van der Waals surface area contributed by atoms with Crippen molar-refractivity contribution in [1.29, 1.82) is 0 Å². The van der Waals surface area contributed by atoms with E-state index in [9.17, 15) is 4.39 Å². The van der Waals surface area contributed by atoms with Gasteiger partial charge < -0.3 is 14.9 Å². The number of nitrogens with two attached hydrogens (primary N) is 1. The fourth-order valence-corrected chi connectivity index (χ4v) is 2.08. The van der Waals surface area contributed by atoms with Crippen LogP contribution in [-0.4, -0.2) is 4.98 Å². The second-order valence-corrected chi connectivity index (χ2v) is 4.64. The highest BCUT2D eigenvalue weighted by Gasteiger charge is 2.09. The van der Waals surface area contributed by atoms with Gasteiger partial charge in [-0.25, -0.2) is 9.37 Å². The molecule has 6 heteroatoms. The summed E-state index contributed by atoms with van der Waals surface area (Å²) in [6, 6.07) is 9.11. The van der Waals surface area contributed by atoms with Crippen LogP contribution in [0.25, 0.3) is 11.5 Å². The van der Waals surface area contributed by atoms with Crippen molar-refractivity contribution in [2.45, 2.75) is 0 Å². The van der Waals surface area contributed by atoms with Crippen molar-refractivity contribution in [3.8, 4) is 23.1 Å². The first-order valence-corrected chi connectivity index (χ1v) is 6.33. The maximum atomic E-state index is 12.8. The van der Waals surface area contributed by atoms with Crippen LogP contribution in [0, 0.1) is 5.82 Å². The molecule has 96 valence electrons. The predicted molar refractivity (Wildman–Crippen MR) is 70.7 cm³/mol. The molecule has 2 aromatic heterocycles. The highest BCUT2D eigenvalue weighted by atomic mass is 32.1. The average molecular weight is 276 g/mol. The molecule has 0 spiro atoms. The zero-order valence-corrected chi connectivity index (χ0v) is 10.5. The van der Waals surface area contributed by atoms with Crippen molar-refractivity contribution < 1.29 is 13.5 Å². The highest BCUT2D eigenvalue weighted by Crippen LogP contribution is 2.30. The zero-order chi connectivity index (χ0) is 13.2. The van der Waals surface area contributed by atoms with Crippen LogP contribution in [-0.2, 0) is 0 Å². The molecule has 0 aliphatic heterocycles. The highest BCUT2D eigenvalue weighted by molar-refractivity contribution is 7.13. The third-order valence-corrected chi connectivity index (χ3v) is 3.06. The molecule has 2 heterocycles. The lowest BCUT2D eigenvalue weighted by Gasteiger charge is -2.00. The summed E-state index contributed by atoms with van der Waals surface area (Å²) in [4.78, 5) is 4.11. The Morgan fingerprint density at radius 1 is 1.16 bits per heavy atom. The van der Waals surface area contributed by atoms with E-state index in [2.05, 4.69) is 4.98 Å². The Morgan fingerprint density at radius 2 is 1.95 bits per heavy atom. The van der Waals surface area contributed by atoms with Gasteiger partial charge in [0.2, 0.25) is 0 Å². The molecule has 0 unspecified atom stereocenters. The van der Waals surface area contributed by atoms with E-state index < -0.39 is 0 Å². The maximum absolute atomic E-state index is 12.8. The lowest BCUT2D eigenvalue weighted by molar-refractivity contribution is 0.351. The van der Waals surface area contributed by atoms with E-state index in [1.807, 2.05) is 0 Å². The molecule has 3 aromatic rings. The van der Waals surface area contributed by atoms with Gasteiger partial charge in [-0.15, -0.1) is 11.3 Å². The molecular weight excluding hydrogens is 267 g/mol. The summed E-state index contributed by atoms with van der Waals surface area (Å²) >= 11 is 1.34. The number of hydrogen-bond donors (Lipinski definition) is 1. The summed E-state index contributed by atoms with van der Waals surface area (Å²) in [7, 11) is 0. The number of benzene rings is 1. The molecule has 0 aliphatic rings. The van der Waals surface area contributed by atoms with Crippen molar-refractivity contribution in [2.24, 2.45) is 0 Å². The van der Waals surface area contributed by atoms with Gasteiger partial charge in [0.25, 0.3) is 5.95 Å². The number of nitrogen functional groups attached to an aromatic ring is 1. The number of aromatic nitrogens is 1. The molecular formula is C13H9FN2O2S. The van der Waals surface area contributed by atoms with Crippen LogP contribution in [0.2, 0.25) is 0 Å². The molecule has 4 nitrogen and oxygen atoms in total. The van der Waals surface area contributed by atoms with Crippen molar-refractivity contribution in [2.75, 3.05) is 5.73 Å². The molecule has 2 N–H and O–H groups in total. The largest absolute Gasteiger partial charge is 0.426 e. The molecule has 0 saturated carbocycles. The maximum Gasteiger partial charge on any atom is 0.290 e. The van der Waals surface area contributed by atoms with Gasteiger partial charge in [0, 0.05) is 11.4 Å². The number of nitrogens with zero attached hydrogens (tertiary/aromatic N) is 1. The van der Waals surface area contributed by atoms with Gasteiger partial charge in [0.05, 0.1) is 0 Å². The van der Waals surface area contributed by atoms with Gasteiger partial charge in [-0.1, -0.05) is 0 Å². The smallest absolute Gasteiger partial charge is 0.290 e. The minimum absolute atomic E-state index is 0.313. The first-order chi connectivity index (χ1) is 9.20. The second kappa shape index (κ2) is 4.74. The SMILES string of the molecule is Nc1nc(-c2ccc(Oc3ccc(F)cc3)o2)cs1. The lowest BCUT2D eigenvalue weighted by Crippen LogP contribution is -1.82. The Hall–Kier alpha value is -2.34. The summed E-state index contributed by atoms with van der Waals surface area (Å²) in [5, 5.41) is 2.28. The van der Waals surface area contributed by atoms with Gasteiger partial charge in [-0.2, -0.15) is 0 Å². The lowest BCUT2D eigenvalue weighted by atomic mass is 10.3. The average Bonchev–Trinajstić information content (AvgIpc) is 3.01. The van der Waals surface area contributed by atoms with Crippen LogP contribution < -0.4 is 10.5 Å². The molecule has 0 radical (unpaired) electrons. The van der Waals surface area contributed by atoms with E-state index in [1.165, 1.54) is 35.6 Å². The third kappa shape index (κ3) is 2.58. The summed E-state index contributed by atoms with van der Waals surface area (Å²) in [6.45, 7) is 0. The Bertz CT molecular complexity index is 691. The number of hydrogen-bond acceptors (Lipinski definition) is 5. The van der Waals surface area contributed by atoms with Crippen molar-refractivity contribution in [1.82, 2.24) is 4.98 Å². The van der Waals surface area contributed by atoms with E-state index >= 15 is 0 Å². The summed E-state index contributed by atoms with van der Waals surface area (Å²) in [6.07, 6.45) is 0. The van der Waals surface area contributed by atoms with E-state index in [0.717, 1.165) is 0 Å². The van der Waals surface area contributed by atoms with Crippen molar-refractivity contribution in [3.05, 3.63) is 47.6 Å². The fraction of sp³-hybridized carbons (Fsp3) is 0. The minimum atomic E-state index is -0.314. The molecule has 1 aromatic carbocycles. The van der Waals surface area contributed by atoms with E-state index in [1.54, 1.807) is 17.5 Å².